The first-order valence-corrected chi connectivity index (χ1v) is 9.00. The molecular formula is C21H28O. The van der Waals surface area contributed by atoms with Gasteiger partial charge in [0.1, 0.15) is 0 Å². The van der Waals surface area contributed by atoms with Crippen molar-refractivity contribution in [1.82, 2.24) is 0 Å². The summed E-state index contributed by atoms with van der Waals surface area (Å²) in [4.78, 5) is 11.8. The summed E-state index contributed by atoms with van der Waals surface area (Å²) in [6.45, 7) is 11.7. The van der Waals surface area contributed by atoms with Crippen molar-refractivity contribution in [3.63, 3.8) is 0 Å². The van der Waals surface area contributed by atoms with Gasteiger partial charge in [-0.3, -0.25) is 4.79 Å². The Labute approximate surface area is 134 Å². The van der Waals surface area contributed by atoms with Crippen LogP contribution in [0.5, 0.6) is 0 Å². The van der Waals surface area contributed by atoms with Crippen molar-refractivity contribution in [2.75, 3.05) is 0 Å². The molecule has 0 amide bonds. The number of fused-ring (bicyclic) bond motifs is 5. The monoisotopic (exact) mass is 296 g/mol. The molecule has 0 radical (unpaired) electrons. The molecule has 0 saturated heterocycles. The summed E-state index contributed by atoms with van der Waals surface area (Å²) in [5, 5.41) is 0. The number of hydrogen-bond acceptors (Lipinski definition) is 1. The molecule has 22 heavy (non-hydrogen) atoms. The Balaban J connectivity index is 1.76. The van der Waals surface area contributed by atoms with Crippen LogP contribution in [-0.4, -0.2) is 5.78 Å². The summed E-state index contributed by atoms with van der Waals surface area (Å²) >= 11 is 0. The average molecular weight is 296 g/mol. The zero-order chi connectivity index (χ0) is 15.7. The van der Waals surface area contributed by atoms with Crippen molar-refractivity contribution in [3.8, 4) is 0 Å². The van der Waals surface area contributed by atoms with Crippen LogP contribution in [0.2, 0.25) is 0 Å². The lowest BCUT2D eigenvalue weighted by Crippen LogP contribution is -2.49. The lowest BCUT2D eigenvalue weighted by molar-refractivity contribution is -0.110. The lowest BCUT2D eigenvalue weighted by Gasteiger charge is -2.57. The summed E-state index contributed by atoms with van der Waals surface area (Å²) in [7, 11) is 0. The predicted molar refractivity (Wildman–Crippen MR) is 90.3 cm³/mol. The van der Waals surface area contributed by atoms with Crippen molar-refractivity contribution in [3.05, 3.63) is 36.0 Å². The quantitative estimate of drug-likeness (QED) is 0.608. The van der Waals surface area contributed by atoms with E-state index in [-0.39, 0.29) is 11.2 Å². The number of ketones is 1. The molecule has 0 spiro atoms. The van der Waals surface area contributed by atoms with Crippen LogP contribution < -0.4 is 0 Å². The Morgan fingerprint density at radius 2 is 1.95 bits per heavy atom. The highest BCUT2D eigenvalue weighted by molar-refractivity contribution is 6.01. The second-order valence-electron chi connectivity index (χ2n) is 8.78. The largest absolute Gasteiger partial charge is 0.290 e. The normalized spacial score (nSPS) is 50.2. The van der Waals surface area contributed by atoms with E-state index in [1.54, 1.807) is 6.08 Å². The third-order valence-corrected chi connectivity index (χ3v) is 8.01. The first kappa shape index (κ1) is 14.5. The van der Waals surface area contributed by atoms with Crippen LogP contribution in [-0.2, 0) is 4.79 Å². The third kappa shape index (κ3) is 1.69. The van der Waals surface area contributed by atoms with Crippen LogP contribution in [0.15, 0.2) is 36.0 Å². The van der Waals surface area contributed by atoms with Gasteiger partial charge >= 0.3 is 0 Å². The third-order valence-electron chi connectivity index (χ3n) is 8.01. The fourth-order valence-electron chi connectivity index (χ4n) is 6.47. The van der Waals surface area contributed by atoms with E-state index in [0.29, 0.717) is 11.3 Å². The Morgan fingerprint density at radius 3 is 2.73 bits per heavy atom. The van der Waals surface area contributed by atoms with Crippen molar-refractivity contribution >= 4 is 5.78 Å². The maximum absolute atomic E-state index is 11.8. The average Bonchev–Trinajstić information content (AvgIpc) is 2.77. The number of carbonyl (C=O) groups is 1. The maximum atomic E-state index is 11.8. The van der Waals surface area contributed by atoms with Crippen molar-refractivity contribution < 1.29 is 4.79 Å². The van der Waals surface area contributed by atoms with Gasteiger partial charge in [-0.15, -0.1) is 0 Å². The molecule has 0 aliphatic heterocycles. The SMILES string of the molecule is C=C1CC2C(CCC3(C)C(C)CCC23)C2(C)C=CC(=O)C=C12. The van der Waals surface area contributed by atoms with Crippen molar-refractivity contribution in [1.29, 1.82) is 0 Å². The molecule has 1 heteroatoms. The van der Waals surface area contributed by atoms with Crippen LogP contribution in [0.3, 0.4) is 0 Å². The highest BCUT2D eigenvalue weighted by atomic mass is 16.1. The van der Waals surface area contributed by atoms with E-state index >= 15 is 0 Å². The van der Waals surface area contributed by atoms with E-state index < -0.39 is 0 Å². The first-order valence-electron chi connectivity index (χ1n) is 9.00. The minimum Gasteiger partial charge on any atom is -0.290 e. The molecule has 4 aliphatic carbocycles. The molecule has 118 valence electrons. The predicted octanol–water partition coefficient (Wildman–Crippen LogP) is 5.10. The summed E-state index contributed by atoms with van der Waals surface area (Å²) in [5.41, 5.74) is 3.04. The molecule has 6 atom stereocenters. The van der Waals surface area contributed by atoms with Crippen LogP contribution >= 0.6 is 0 Å². The van der Waals surface area contributed by atoms with E-state index in [9.17, 15) is 4.79 Å². The highest BCUT2D eigenvalue weighted by Gasteiger charge is 2.58. The van der Waals surface area contributed by atoms with Gasteiger partial charge in [-0.2, -0.15) is 0 Å². The number of allylic oxidation sites excluding steroid dienone is 5. The minimum absolute atomic E-state index is 0.0427. The smallest absolute Gasteiger partial charge is 0.178 e. The van der Waals surface area contributed by atoms with Gasteiger partial charge in [0.25, 0.3) is 0 Å². The molecule has 3 saturated carbocycles. The van der Waals surface area contributed by atoms with Crippen molar-refractivity contribution in [2.24, 2.45) is 34.5 Å². The molecule has 6 unspecified atom stereocenters. The fraction of sp³-hybridized carbons (Fsp3) is 0.667. The van der Waals surface area contributed by atoms with Gasteiger partial charge in [-0.05, 0) is 78.9 Å². The van der Waals surface area contributed by atoms with Gasteiger partial charge in [0.2, 0.25) is 0 Å². The van der Waals surface area contributed by atoms with Crippen LogP contribution in [0, 0.1) is 34.5 Å². The zero-order valence-electron chi connectivity index (χ0n) is 14.2. The first-order chi connectivity index (χ1) is 10.4. The zero-order valence-corrected chi connectivity index (χ0v) is 14.2. The Bertz CT molecular complexity index is 609. The van der Waals surface area contributed by atoms with Gasteiger partial charge in [-0.25, -0.2) is 0 Å². The Morgan fingerprint density at radius 1 is 1.18 bits per heavy atom. The molecule has 0 aromatic heterocycles. The second kappa shape index (κ2) is 4.46. The topological polar surface area (TPSA) is 17.1 Å². The van der Waals surface area contributed by atoms with Gasteiger partial charge in [-0.1, -0.05) is 39.0 Å². The number of hydrogen-bond donors (Lipinski definition) is 0. The van der Waals surface area contributed by atoms with Gasteiger partial charge < -0.3 is 0 Å². The molecule has 0 aromatic carbocycles. The highest BCUT2D eigenvalue weighted by Crippen LogP contribution is 2.66. The van der Waals surface area contributed by atoms with E-state index in [4.69, 9.17) is 0 Å². The standard InChI is InChI=1S/C21H28O/c1-13-11-16-17-6-5-14(2)20(17,3)10-8-18(16)21(4)9-7-15(22)12-19(13)21/h7,9,12,14,16-18H,1,5-6,8,10-11H2,2-4H3. The minimum atomic E-state index is 0.0427. The molecular weight excluding hydrogens is 268 g/mol. The molecule has 0 bridgehead atoms. The van der Waals surface area contributed by atoms with E-state index in [1.165, 1.54) is 36.8 Å². The van der Waals surface area contributed by atoms with E-state index in [2.05, 4.69) is 33.4 Å². The summed E-state index contributed by atoms with van der Waals surface area (Å²) in [6, 6.07) is 0. The van der Waals surface area contributed by atoms with E-state index in [1.807, 2.05) is 6.08 Å². The molecule has 0 aromatic rings. The molecule has 4 aliphatic rings. The molecule has 0 heterocycles. The van der Waals surface area contributed by atoms with Crippen LogP contribution in [0.1, 0.15) is 52.9 Å². The van der Waals surface area contributed by atoms with Crippen LogP contribution in [0.25, 0.3) is 0 Å². The second-order valence-corrected chi connectivity index (χ2v) is 8.78. The van der Waals surface area contributed by atoms with Gasteiger partial charge in [0, 0.05) is 5.41 Å². The summed E-state index contributed by atoms with van der Waals surface area (Å²) in [6.07, 6.45) is 12.4. The number of carbonyl (C=O) groups excluding carboxylic acids is 1. The van der Waals surface area contributed by atoms with Crippen molar-refractivity contribution in [2.45, 2.75) is 52.9 Å². The summed E-state index contributed by atoms with van der Waals surface area (Å²) in [5.74, 6) is 3.30. The van der Waals surface area contributed by atoms with Crippen LogP contribution in [0.4, 0.5) is 0 Å². The molecule has 1 nitrogen and oxygen atoms in total. The molecule has 0 N–H and O–H groups in total. The molecule has 3 fully saturated rings. The van der Waals surface area contributed by atoms with E-state index in [0.717, 1.165) is 24.2 Å². The number of rotatable bonds is 0. The summed E-state index contributed by atoms with van der Waals surface area (Å²) < 4.78 is 0. The maximum Gasteiger partial charge on any atom is 0.178 e. The lowest BCUT2D eigenvalue weighted by atomic mass is 9.47. The van der Waals surface area contributed by atoms with Gasteiger partial charge in [0.05, 0.1) is 0 Å². The van der Waals surface area contributed by atoms with Gasteiger partial charge in [0.15, 0.2) is 5.78 Å². The fourth-order valence-corrected chi connectivity index (χ4v) is 6.47. The Hall–Kier alpha value is -1.11. The Kier molecular flexibility index (Phi) is 2.94. The molecule has 4 rings (SSSR count).